The SMILES string of the molecule is O=S1(=O)CCCC1CNC1CCNCC1. The van der Waals surface area contributed by atoms with Crippen molar-refractivity contribution in [3.05, 3.63) is 0 Å². The van der Waals surface area contributed by atoms with E-state index >= 15 is 0 Å². The Labute approximate surface area is 91.7 Å². The van der Waals surface area contributed by atoms with Crippen LogP contribution in [0.5, 0.6) is 0 Å². The topological polar surface area (TPSA) is 58.2 Å². The molecule has 0 saturated carbocycles. The van der Waals surface area contributed by atoms with Gasteiger partial charge in [-0.15, -0.1) is 0 Å². The van der Waals surface area contributed by atoms with Gasteiger partial charge in [-0.1, -0.05) is 0 Å². The van der Waals surface area contributed by atoms with Gasteiger partial charge in [0.05, 0.1) is 11.0 Å². The monoisotopic (exact) mass is 232 g/mol. The molecule has 0 aromatic heterocycles. The van der Waals surface area contributed by atoms with Crippen LogP contribution < -0.4 is 10.6 Å². The van der Waals surface area contributed by atoms with Crippen LogP contribution in [0.4, 0.5) is 0 Å². The number of hydrogen-bond donors (Lipinski definition) is 2. The molecule has 0 bridgehead atoms. The summed E-state index contributed by atoms with van der Waals surface area (Å²) in [6, 6.07) is 0.516. The molecule has 5 heteroatoms. The fourth-order valence-corrected chi connectivity index (χ4v) is 4.19. The van der Waals surface area contributed by atoms with Crippen LogP contribution in [0.3, 0.4) is 0 Å². The van der Waals surface area contributed by atoms with Crippen LogP contribution in [-0.4, -0.2) is 45.1 Å². The Bertz CT molecular complexity index is 297. The predicted molar refractivity (Wildman–Crippen MR) is 60.7 cm³/mol. The molecule has 2 aliphatic rings. The van der Waals surface area contributed by atoms with Gasteiger partial charge in [0.25, 0.3) is 0 Å². The molecule has 0 amide bonds. The number of nitrogens with one attached hydrogen (secondary N) is 2. The average molecular weight is 232 g/mol. The summed E-state index contributed by atoms with van der Waals surface area (Å²) in [4.78, 5) is 0. The first-order valence-electron chi connectivity index (χ1n) is 5.84. The van der Waals surface area contributed by atoms with Gasteiger partial charge in [-0.2, -0.15) is 0 Å². The van der Waals surface area contributed by atoms with Crippen molar-refractivity contribution < 1.29 is 8.42 Å². The second-order valence-electron chi connectivity index (χ2n) is 4.56. The van der Waals surface area contributed by atoms with Gasteiger partial charge in [0, 0.05) is 12.6 Å². The molecule has 0 aliphatic carbocycles. The molecule has 1 unspecified atom stereocenters. The van der Waals surface area contributed by atoms with Gasteiger partial charge >= 0.3 is 0 Å². The predicted octanol–water partition coefficient (Wildman–Crippen LogP) is -0.0948. The number of hydrogen-bond acceptors (Lipinski definition) is 4. The van der Waals surface area contributed by atoms with E-state index in [0.717, 1.165) is 38.8 Å². The van der Waals surface area contributed by atoms with Crippen molar-refractivity contribution in [2.24, 2.45) is 0 Å². The highest BCUT2D eigenvalue weighted by Gasteiger charge is 2.31. The average Bonchev–Trinajstić information content (AvgIpc) is 2.56. The summed E-state index contributed by atoms with van der Waals surface area (Å²) in [5.41, 5.74) is 0. The Morgan fingerprint density at radius 1 is 1.20 bits per heavy atom. The van der Waals surface area contributed by atoms with E-state index < -0.39 is 9.84 Å². The molecule has 15 heavy (non-hydrogen) atoms. The third-order valence-corrected chi connectivity index (χ3v) is 5.71. The van der Waals surface area contributed by atoms with E-state index in [-0.39, 0.29) is 5.25 Å². The second kappa shape index (κ2) is 4.80. The molecule has 0 aromatic rings. The fraction of sp³-hybridized carbons (Fsp3) is 1.00. The molecule has 0 radical (unpaired) electrons. The van der Waals surface area contributed by atoms with Crippen LogP contribution in [0.15, 0.2) is 0 Å². The maximum atomic E-state index is 11.6. The van der Waals surface area contributed by atoms with E-state index in [9.17, 15) is 8.42 Å². The Hall–Kier alpha value is -0.130. The summed E-state index contributed by atoms with van der Waals surface area (Å²) in [5.74, 6) is 0.394. The lowest BCUT2D eigenvalue weighted by atomic mass is 10.1. The minimum atomic E-state index is -2.77. The lowest BCUT2D eigenvalue weighted by molar-refractivity contribution is 0.385. The molecule has 0 spiro atoms. The Balaban J connectivity index is 1.77. The molecular weight excluding hydrogens is 212 g/mol. The third-order valence-electron chi connectivity index (χ3n) is 3.44. The summed E-state index contributed by atoms with van der Waals surface area (Å²) in [5, 5.41) is 6.58. The molecule has 0 aromatic carbocycles. The molecule has 2 N–H and O–H groups in total. The highest BCUT2D eigenvalue weighted by atomic mass is 32.2. The van der Waals surface area contributed by atoms with Crippen molar-refractivity contribution in [3.8, 4) is 0 Å². The maximum Gasteiger partial charge on any atom is 0.154 e. The standard InChI is InChI=1S/C10H20N2O2S/c13-15(14)7-1-2-10(15)8-12-9-3-5-11-6-4-9/h9-12H,1-8H2. The van der Waals surface area contributed by atoms with Gasteiger partial charge in [-0.05, 0) is 38.8 Å². The fourth-order valence-electron chi connectivity index (χ4n) is 2.41. The highest BCUT2D eigenvalue weighted by molar-refractivity contribution is 7.92. The number of sulfone groups is 1. The summed E-state index contributed by atoms with van der Waals surface area (Å²) in [7, 11) is -2.77. The summed E-state index contributed by atoms with van der Waals surface area (Å²) >= 11 is 0. The minimum Gasteiger partial charge on any atom is -0.317 e. The lowest BCUT2D eigenvalue weighted by Crippen LogP contribution is -2.43. The molecule has 88 valence electrons. The van der Waals surface area contributed by atoms with E-state index in [2.05, 4.69) is 10.6 Å². The maximum absolute atomic E-state index is 11.6. The van der Waals surface area contributed by atoms with Crippen LogP contribution in [0.1, 0.15) is 25.7 Å². The van der Waals surface area contributed by atoms with E-state index in [1.807, 2.05) is 0 Å². The van der Waals surface area contributed by atoms with Gasteiger partial charge in [0.15, 0.2) is 9.84 Å². The Morgan fingerprint density at radius 2 is 1.93 bits per heavy atom. The zero-order valence-electron chi connectivity index (χ0n) is 9.04. The van der Waals surface area contributed by atoms with Crippen molar-refractivity contribution in [2.75, 3.05) is 25.4 Å². The zero-order chi connectivity index (χ0) is 10.7. The van der Waals surface area contributed by atoms with Crippen LogP contribution in [0, 0.1) is 0 Å². The second-order valence-corrected chi connectivity index (χ2v) is 6.96. The first-order valence-corrected chi connectivity index (χ1v) is 7.56. The smallest absolute Gasteiger partial charge is 0.154 e. The quantitative estimate of drug-likeness (QED) is 0.714. The minimum absolute atomic E-state index is 0.118. The molecular formula is C10H20N2O2S. The van der Waals surface area contributed by atoms with E-state index in [1.165, 1.54) is 0 Å². The highest BCUT2D eigenvalue weighted by Crippen LogP contribution is 2.19. The molecule has 4 nitrogen and oxygen atoms in total. The first kappa shape index (κ1) is 11.4. The summed E-state index contributed by atoms with van der Waals surface area (Å²) < 4.78 is 23.2. The van der Waals surface area contributed by atoms with Crippen LogP contribution in [0.25, 0.3) is 0 Å². The van der Waals surface area contributed by atoms with Gasteiger partial charge in [0.1, 0.15) is 0 Å². The van der Waals surface area contributed by atoms with Gasteiger partial charge in [-0.25, -0.2) is 8.42 Å². The van der Waals surface area contributed by atoms with Gasteiger partial charge in [-0.3, -0.25) is 0 Å². The van der Waals surface area contributed by atoms with Crippen LogP contribution in [0.2, 0.25) is 0 Å². The van der Waals surface area contributed by atoms with E-state index in [1.54, 1.807) is 0 Å². The van der Waals surface area contributed by atoms with E-state index in [4.69, 9.17) is 0 Å². The van der Waals surface area contributed by atoms with Crippen LogP contribution in [-0.2, 0) is 9.84 Å². The van der Waals surface area contributed by atoms with Gasteiger partial charge < -0.3 is 10.6 Å². The van der Waals surface area contributed by atoms with Gasteiger partial charge in [0.2, 0.25) is 0 Å². The number of piperidine rings is 1. The lowest BCUT2D eigenvalue weighted by Gasteiger charge is -2.25. The largest absolute Gasteiger partial charge is 0.317 e. The molecule has 2 fully saturated rings. The molecule has 2 rings (SSSR count). The Kier molecular flexibility index (Phi) is 3.64. The van der Waals surface area contributed by atoms with Crippen molar-refractivity contribution >= 4 is 9.84 Å². The van der Waals surface area contributed by atoms with E-state index in [0.29, 0.717) is 18.3 Å². The third kappa shape index (κ3) is 2.92. The van der Waals surface area contributed by atoms with Crippen LogP contribution >= 0.6 is 0 Å². The zero-order valence-corrected chi connectivity index (χ0v) is 9.85. The molecule has 2 saturated heterocycles. The molecule has 2 aliphatic heterocycles. The van der Waals surface area contributed by atoms with Crippen molar-refractivity contribution in [1.29, 1.82) is 0 Å². The number of rotatable bonds is 3. The Morgan fingerprint density at radius 3 is 2.53 bits per heavy atom. The molecule has 1 atom stereocenters. The van der Waals surface area contributed by atoms with Crippen molar-refractivity contribution in [2.45, 2.75) is 37.0 Å². The first-order chi connectivity index (χ1) is 7.18. The van der Waals surface area contributed by atoms with Crippen molar-refractivity contribution in [3.63, 3.8) is 0 Å². The molecule has 2 heterocycles. The summed E-state index contributed by atoms with van der Waals surface area (Å²) in [6.45, 7) is 2.76. The van der Waals surface area contributed by atoms with Crippen molar-refractivity contribution in [1.82, 2.24) is 10.6 Å². The summed E-state index contributed by atoms with van der Waals surface area (Å²) in [6.07, 6.45) is 3.93. The normalized spacial score (nSPS) is 31.9.